The lowest BCUT2D eigenvalue weighted by Crippen LogP contribution is -2.45. The van der Waals surface area contributed by atoms with Crippen molar-refractivity contribution in [3.63, 3.8) is 0 Å². The average molecular weight is 441 g/mol. The molecule has 4 aromatic rings. The minimum atomic E-state index is 0.439. The molecule has 0 unspecified atom stereocenters. The van der Waals surface area contributed by atoms with Crippen molar-refractivity contribution in [1.82, 2.24) is 9.88 Å². The molecule has 1 saturated heterocycles. The number of nitrogens with zero attached hydrogens (tertiary/aromatic N) is 4. The molecule has 0 radical (unpaired) electrons. The normalized spacial score (nSPS) is 14.4. The molecular formula is C26H24N4OS. The zero-order valence-corrected chi connectivity index (χ0v) is 18.6. The summed E-state index contributed by atoms with van der Waals surface area (Å²) in [5, 5.41) is 9.59. The zero-order chi connectivity index (χ0) is 21.8. The third-order valence-corrected chi connectivity index (χ3v) is 6.72. The summed E-state index contributed by atoms with van der Waals surface area (Å²) < 4.78 is 6.92. The van der Waals surface area contributed by atoms with E-state index in [0.29, 0.717) is 17.9 Å². The van der Waals surface area contributed by atoms with Gasteiger partial charge in [0, 0.05) is 38.4 Å². The third kappa shape index (κ3) is 4.45. The van der Waals surface area contributed by atoms with Crippen LogP contribution in [0.2, 0.25) is 0 Å². The van der Waals surface area contributed by atoms with Gasteiger partial charge in [0.25, 0.3) is 0 Å². The minimum absolute atomic E-state index is 0.439. The fourth-order valence-electron chi connectivity index (χ4n) is 4.18. The summed E-state index contributed by atoms with van der Waals surface area (Å²) in [5.41, 5.74) is 6.87. The van der Waals surface area contributed by atoms with Gasteiger partial charge in [-0.3, -0.25) is 4.90 Å². The Morgan fingerprint density at radius 1 is 0.938 bits per heavy atom. The lowest BCUT2D eigenvalue weighted by atomic mass is 10.1. The Balaban J connectivity index is 1.20. The highest BCUT2D eigenvalue weighted by atomic mass is 32.1. The molecule has 6 heteroatoms. The second-order valence-corrected chi connectivity index (χ2v) is 8.81. The quantitative estimate of drug-likeness (QED) is 0.419. The summed E-state index contributed by atoms with van der Waals surface area (Å²) in [6, 6.07) is 25.2. The van der Waals surface area contributed by atoms with Crippen molar-refractivity contribution in [3.8, 4) is 11.8 Å². The van der Waals surface area contributed by atoms with Crippen LogP contribution in [0.1, 0.15) is 16.7 Å². The van der Waals surface area contributed by atoms with Crippen LogP contribution in [0.25, 0.3) is 10.2 Å². The molecule has 160 valence electrons. The highest BCUT2D eigenvalue weighted by Gasteiger charge is 2.17. The molecule has 32 heavy (non-hydrogen) atoms. The Bertz CT molecular complexity index is 1240. The number of fused-ring (bicyclic) bond motifs is 1. The number of benzene rings is 3. The van der Waals surface area contributed by atoms with E-state index in [0.717, 1.165) is 48.5 Å². The maximum Gasteiger partial charge on any atom is 0.139 e. The van der Waals surface area contributed by atoms with Gasteiger partial charge in [0.05, 0.1) is 15.7 Å². The molecule has 1 aliphatic rings. The summed E-state index contributed by atoms with van der Waals surface area (Å²) in [4.78, 5) is 9.24. The van der Waals surface area contributed by atoms with Gasteiger partial charge in [-0.15, -0.1) is 11.3 Å². The van der Waals surface area contributed by atoms with Gasteiger partial charge in [-0.2, -0.15) is 5.26 Å². The van der Waals surface area contributed by atoms with Crippen molar-refractivity contribution in [2.45, 2.75) is 13.2 Å². The molecule has 1 aromatic heterocycles. The van der Waals surface area contributed by atoms with Crippen molar-refractivity contribution in [2.24, 2.45) is 0 Å². The summed E-state index contributed by atoms with van der Waals surface area (Å²) in [7, 11) is 0. The van der Waals surface area contributed by atoms with E-state index >= 15 is 0 Å². The van der Waals surface area contributed by atoms with Crippen molar-refractivity contribution < 1.29 is 4.74 Å². The van der Waals surface area contributed by atoms with E-state index in [2.05, 4.69) is 75.5 Å². The summed E-state index contributed by atoms with van der Waals surface area (Å²) >= 11 is 1.47. The van der Waals surface area contributed by atoms with E-state index in [1.807, 2.05) is 12.1 Å². The Hall–Kier alpha value is -3.40. The first kappa shape index (κ1) is 20.5. The lowest BCUT2D eigenvalue weighted by Gasteiger charge is -2.36. The first-order valence-electron chi connectivity index (χ1n) is 10.8. The molecule has 1 aliphatic heterocycles. The van der Waals surface area contributed by atoms with Gasteiger partial charge in [-0.05, 0) is 35.4 Å². The van der Waals surface area contributed by atoms with Crippen LogP contribution in [0, 0.1) is 11.3 Å². The monoisotopic (exact) mass is 440 g/mol. The molecule has 2 heterocycles. The summed E-state index contributed by atoms with van der Waals surface area (Å²) in [6.45, 7) is 5.57. The Morgan fingerprint density at radius 3 is 2.56 bits per heavy atom. The SMILES string of the molecule is N#Cc1c(OCc2cccc(CN3CCN(c4ccccc4)CC3)c2)ccc2ncsc12. The molecule has 0 saturated carbocycles. The number of piperazine rings is 1. The standard InChI is InChI=1S/C26H24N4OS/c27-16-23-25(10-9-24-26(23)32-19-28-24)31-18-21-6-4-5-20(15-21)17-29-11-13-30(14-12-29)22-7-2-1-3-8-22/h1-10,15,19H,11-14,17-18H2. The first-order chi connectivity index (χ1) is 15.8. The predicted octanol–water partition coefficient (Wildman–Crippen LogP) is 5.07. The molecule has 0 bridgehead atoms. The van der Waals surface area contributed by atoms with Crippen LogP contribution in [-0.2, 0) is 13.2 Å². The summed E-state index contributed by atoms with van der Waals surface area (Å²) in [6.07, 6.45) is 0. The maximum absolute atomic E-state index is 9.59. The van der Waals surface area contributed by atoms with E-state index < -0.39 is 0 Å². The number of hydrogen-bond donors (Lipinski definition) is 0. The van der Waals surface area contributed by atoms with E-state index in [-0.39, 0.29) is 0 Å². The van der Waals surface area contributed by atoms with Crippen LogP contribution in [-0.4, -0.2) is 36.1 Å². The van der Waals surface area contributed by atoms with Gasteiger partial charge < -0.3 is 9.64 Å². The van der Waals surface area contributed by atoms with Crippen LogP contribution in [0.5, 0.6) is 5.75 Å². The van der Waals surface area contributed by atoms with Gasteiger partial charge in [0.2, 0.25) is 0 Å². The third-order valence-electron chi connectivity index (χ3n) is 5.86. The van der Waals surface area contributed by atoms with Gasteiger partial charge in [-0.25, -0.2) is 4.98 Å². The number of anilines is 1. The van der Waals surface area contributed by atoms with Gasteiger partial charge >= 0.3 is 0 Å². The van der Waals surface area contributed by atoms with E-state index in [4.69, 9.17) is 4.74 Å². The minimum Gasteiger partial charge on any atom is -0.487 e. The fraction of sp³-hybridized carbons (Fsp3) is 0.231. The smallest absolute Gasteiger partial charge is 0.139 e. The molecule has 0 aliphatic carbocycles. The van der Waals surface area contributed by atoms with E-state index in [1.54, 1.807) is 5.51 Å². The van der Waals surface area contributed by atoms with Crippen LogP contribution in [0.4, 0.5) is 5.69 Å². The van der Waals surface area contributed by atoms with Crippen LogP contribution < -0.4 is 9.64 Å². The van der Waals surface area contributed by atoms with Gasteiger partial charge in [-0.1, -0.05) is 42.5 Å². The topological polar surface area (TPSA) is 52.4 Å². The summed E-state index contributed by atoms with van der Waals surface area (Å²) in [5.74, 6) is 0.617. The second kappa shape index (κ2) is 9.39. The number of ether oxygens (including phenoxy) is 1. The van der Waals surface area contributed by atoms with Crippen molar-refractivity contribution in [2.75, 3.05) is 31.1 Å². The highest BCUT2D eigenvalue weighted by molar-refractivity contribution is 7.17. The molecule has 0 spiro atoms. The van der Waals surface area contributed by atoms with E-state index in [1.165, 1.54) is 22.6 Å². The van der Waals surface area contributed by atoms with Crippen LogP contribution in [0.15, 0.2) is 72.2 Å². The zero-order valence-electron chi connectivity index (χ0n) is 17.8. The van der Waals surface area contributed by atoms with Crippen LogP contribution >= 0.6 is 11.3 Å². The van der Waals surface area contributed by atoms with E-state index in [9.17, 15) is 5.26 Å². The molecule has 5 rings (SSSR count). The lowest BCUT2D eigenvalue weighted by molar-refractivity contribution is 0.249. The van der Waals surface area contributed by atoms with Crippen molar-refractivity contribution in [1.29, 1.82) is 5.26 Å². The molecule has 0 atom stereocenters. The van der Waals surface area contributed by atoms with Crippen LogP contribution in [0.3, 0.4) is 0 Å². The number of para-hydroxylation sites is 1. The second-order valence-electron chi connectivity index (χ2n) is 7.96. The van der Waals surface area contributed by atoms with Gasteiger partial charge in [0.1, 0.15) is 24.0 Å². The molecule has 3 aromatic carbocycles. The molecule has 0 N–H and O–H groups in total. The Labute approximate surface area is 192 Å². The number of hydrogen-bond acceptors (Lipinski definition) is 6. The van der Waals surface area contributed by atoms with Gasteiger partial charge in [0.15, 0.2) is 0 Å². The van der Waals surface area contributed by atoms with Crippen molar-refractivity contribution >= 4 is 27.2 Å². The molecule has 0 amide bonds. The Morgan fingerprint density at radius 2 is 1.75 bits per heavy atom. The number of thiazole rings is 1. The highest BCUT2D eigenvalue weighted by Crippen LogP contribution is 2.30. The molecule has 5 nitrogen and oxygen atoms in total. The molecule has 1 fully saturated rings. The number of rotatable bonds is 6. The number of nitriles is 1. The maximum atomic E-state index is 9.59. The molecular weight excluding hydrogens is 416 g/mol. The Kier molecular flexibility index (Phi) is 6.02. The largest absolute Gasteiger partial charge is 0.487 e. The average Bonchev–Trinajstić information content (AvgIpc) is 3.33. The predicted molar refractivity (Wildman–Crippen MR) is 129 cm³/mol. The first-order valence-corrected chi connectivity index (χ1v) is 11.7. The number of aromatic nitrogens is 1. The fourth-order valence-corrected chi connectivity index (χ4v) is 4.95. The van der Waals surface area contributed by atoms with Crippen molar-refractivity contribution in [3.05, 3.63) is 88.9 Å².